The molecular weight excluding hydrogens is 349 g/mol. The average molecular weight is 366 g/mol. The van der Waals surface area contributed by atoms with Gasteiger partial charge in [0.1, 0.15) is 11.6 Å². The number of carbonyl (C=O) groups excluding carboxylic acids is 2. The molecule has 1 aliphatic heterocycles. The van der Waals surface area contributed by atoms with E-state index in [4.69, 9.17) is 16.1 Å². The van der Waals surface area contributed by atoms with Crippen LogP contribution in [0.1, 0.15) is 39.4 Å². The van der Waals surface area contributed by atoms with Crippen LogP contribution in [0.5, 0.6) is 0 Å². The summed E-state index contributed by atoms with van der Waals surface area (Å²) in [6.07, 6.45) is 1.14. The number of nitrogens with one attached hydrogen (secondary N) is 1. The molecule has 1 N–H and O–H groups in total. The van der Waals surface area contributed by atoms with Gasteiger partial charge in [0.05, 0.1) is 10.6 Å². The maximum atomic E-state index is 13.8. The first-order chi connectivity index (χ1) is 12.0. The third-order valence-corrected chi connectivity index (χ3v) is 4.47. The van der Waals surface area contributed by atoms with Crippen LogP contribution in [0.4, 0.5) is 4.39 Å². The second-order valence-corrected chi connectivity index (χ2v) is 6.37. The maximum absolute atomic E-state index is 13.8. The zero-order valence-electron chi connectivity index (χ0n) is 13.6. The minimum atomic E-state index is -0.654. The van der Waals surface area contributed by atoms with Gasteiger partial charge >= 0.3 is 0 Å². The van der Waals surface area contributed by atoms with Crippen molar-refractivity contribution >= 4 is 23.4 Å². The van der Waals surface area contributed by atoms with Gasteiger partial charge in [-0.2, -0.15) is 0 Å². The normalized spacial score (nSPS) is 15.2. The molecule has 0 atom stereocenters. The van der Waals surface area contributed by atoms with Crippen LogP contribution in [0.2, 0.25) is 5.02 Å². The van der Waals surface area contributed by atoms with E-state index < -0.39 is 11.7 Å². The Morgan fingerprint density at radius 2 is 2.08 bits per heavy atom. The van der Waals surface area contributed by atoms with E-state index in [1.54, 1.807) is 17.9 Å². The first kappa shape index (κ1) is 17.4. The number of piperidine rings is 1. The van der Waals surface area contributed by atoms with Gasteiger partial charge in [-0.15, -0.1) is 0 Å². The zero-order valence-corrected chi connectivity index (χ0v) is 14.3. The van der Waals surface area contributed by atoms with E-state index in [-0.39, 0.29) is 28.2 Å². The molecule has 2 aromatic rings. The van der Waals surface area contributed by atoms with Crippen LogP contribution in [0.3, 0.4) is 0 Å². The van der Waals surface area contributed by atoms with Crippen molar-refractivity contribution in [2.24, 2.45) is 0 Å². The molecule has 0 unspecified atom stereocenters. The van der Waals surface area contributed by atoms with Gasteiger partial charge in [0.15, 0.2) is 5.69 Å². The maximum Gasteiger partial charge on any atom is 0.276 e. The summed E-state index contributed by atoms with van der Waals surface area (Å²) < 4.78 is 18.7. The summed E-state index contributed by atoms with van der Waals surface area (Å²) in [5, 5.41) is 6.59. The number of nitrogens with zero attached hydrogens (tertiary/aromatic N) is 2. The largest absolute Gasteiger partial charge is 0.361 e. The molecule has 3 rings (SSSR count). The van der Waals surface area contributed by atoms with Crippen molar-refractivity contribution in [3.8, 4) is 0 Å². The number of rotatable bonds is 3. The van der Waals surface area contributed by atoms with Gasteiger partial charge in [0.25, 0.3) is 11.8 Å². The van der Waals surface area contributed by atoms with Gasteiger partial charge in [-0.3, -0.25) is 9.59 Å². The molecule has 0 saturated carbocycles. The number of carbonyl (C=O) groups is 2. The molecule has 2 heterocycles. The van der Waals surface area contributed by atoms with Crippen molar-refractivity contribution in [3.63, 3.8) is 0 Å². The van der Waals surface area contributed by atoms with Gasteiger partial charge in [0, 0.05) is 25.2 Å². The molecule has 0 spiro atoms. The van der Waals surface area contributed by atoms with Gasteiger partial charge in [-0.25, -0.2) is 4.39 Å². The molecule has 132 valence electrons. The van der Waals surface area contributed by atoms with Crippen LogP contribution in [0, 0.1) is 12.7 Å². The van der Waals surface area contributed by atoms with Crippen LogP contribution in [-0.2, 0) is 0 Å². The van der Waals surface area contributed by atoms with Crippen molar-refractivity contribution in [2.45, 2.75) is 25.8 Å². The number of halogens is 2. The van der Waals surface area contributed by atoms with Gasteiger partial charge < -0.3 is 14.7 Å². The lowest BCUT2D eigenvalue weighted by Gasteiger charge is -2.32. The Labute approximate surface area is 148 Å². The van der Waals surface area contributed by atoms with Crippen LogP contribution < -0.4 is 5.32 Å². The minimum Gasteiger partial charge on any atom is -0.361 e. The van der Waals surface area contributed by atoms with Gasteiger partial charge in [-0.1, -0.05) is 22.8 Å². The Kier molecular flexibility index (Phi) is 5.03. The summed E-state index contributed by atoms with van der Waals surface area (Å²) in [5.74, 6) is -0.815. The first-order valence-electron chi connectivity index (χ1n) is 7.93. The Balaban J connectivity index is 1.57. The van der Waals surface area contributed by atoms with E-state index in [9.17, 15) is 14.0 Å². The molecule has 2 amide bonds. The van der Waals surface area contributed by atoms with Crippen molar-refractivity contribution in [3.05, 3.63) is 52.1 Å². The number of aromatic nitrogens is 1. The smallest absolute Gasteiger partial charge is 0.276 e. The standard InChI is InChI=1S/C17H17ClFN3O3/c1-10-9-14(21-25-10)17(24)22-7-5-11(6-8-22)20-16(23)15-12(18)3-2-4-13(15)19/h2-4,9,11H,5-8H2,1H3,(H,20,23). The predicted molar refractivity (Wildman–Crippen MR) is 89.0 cm³/mol. The Bertz CT molecular complexity index is 780. The molecule has 1 aliphatic rings. The lowest BCUT2D eigenvalue weighted by Crippen LogP contribution is -2.46. The highest BCUT2D eigenvalue weighted by molar-refractivity contribution is 6.33. The minimum absolute atomic E-state index is 0.0755. The number of likely N-dealkylation sites (tertiary alicyclic amines) is 1. The predicted octanol–water partition coefficient (Wildman–Crippen LogP) is 2.81. The summed E-state index contributed by atoms with van der Waals surface area (Å²) >= 11 is 5.91. The fraction of sp³-hybridized carbons (Fsp3) is 0.353. The molecule has 1 aromatic carbocycles. The highest BCUT2D eigenvalue weighted by atomic mass is 35.5. The molecule has 0 radical (unpaired) electrons. The van der Waals surface area contributed by atoms with E-state index in [0.717, 1.165) is 0 Å². The van der Waals surface area contributed by atoms with Gasteiger partial charge in [-0.05, 0) is 31.9 Å². The summed E-state index contributed by atoms with van der Waals surface area (Å²) in [7, 11) is 0. The van der Waals surface area contributed by atoms with Crippen molar-refractivity contribution in [2.75, 3.05) is 13.1 Å². The second-order valence-electron chi connectivity index (χ2n) is 5.96. The molecule has 1 saturated heterocycles. The highest BCUT2D eigenvalue weighted by Crippen LogP contribution is 2.20. The molecule has 25 heavy (non-hydrogen) atoms. The molecular formula is C17H17ClFN3O3. The molecule has 0 bridgehead atoms. The number of aryl methyl sites for hydroxylation is 1. The number of benzene rings is 1. The molecule has 1 aromatic heterocycles. The van der Waals surface area contributed by atoms with Gasteiger partial charge in [0.2, 0.25) is 0 Å². The van der Waals surface area contributed by atoms with E-state index in [1.165, 1.54) is 18.2 Å². The van der Waals surface area contributed by atoms with E-state index >= 15 is 0 Å². The number of amides is 2. The van der Waals surface area contributed by atoms with Crippen LogP contribution in [0.15, 0.2) is 28.8 Å². The van der Waals surface area contributed by atoms with E-state index in [2.05, 4.69) is 10.5 Å². The fourth-order valence-corrected chi connectivity index (χ4v) is 3.08. The quantitative estimate of drug-likeness (QED) is 0.907. The lowest BCUT2D eigenvalue weighted by atomic mass is 10.0. The third kappa shape index (κ3) is 3.82. The molecule has 8 heteroatoms. The summed E-state index contributed by atoms with van der Waals surface area (Å²) in [6, 6.07) is 5.56. The number of hydrogen-bond acceptors (Lipinski definition) is 4. The lowest BCUT2D eigenvalue weighted by molar-refractivity contribution is 0.0688. The molecule has 0 aliphatic carbocycles. The Morgan fingerprint density at radius 3 is 2.68 bits per heavy atom. The molecule has 6 nitrogen and oxygen atoms in total. The van der Waals surface area contributed by atoms with E-state index in [1.807, 2.05) is 0 Å². The van der Waals surface area contributed by atoms with Crippen LogP contribution in [-0.4, -0.2) is 41.0 Å². The van der Waals surface area contributed by atoms with Crippen molar-refractivity contribution in [1.29, 1.82) is 0 Å². The molecule has 1 fully saturated rings. The van der Waals surface area contributed by atoms with Crippen LogP contribution in [0.25, 0.3) is 0 Å². The summed E-state index contributed by atoms with van der Waals surface area (Å²) in [4.78, 5) is 26.2. The fourth-order valence-electron chi connectivity index (χ4n) is 2.83. The highest BCUT2D eigenvalue weighted by Gasteiger charge is 2.27. The third-order valence-electron chi connectivity index (χ3n) is 4.15. The summed E-state index contributed by atoms with van der Waals surface area (Å²) in [6.45, 7) is 2.67. The average Bonchev–Trinajstić information content (AvgIpc) is 3.01. The van der Waals surface area contributed by atoms with Crippen molar-refractivity contribution < 1.29 is 18.5 Å². The second kappa shape index (κ2) is 7.23. The summed E-state index contributed by atoms with van der Waals surface area (Å²) in [5.41, 5.74) is 0.124. The van der Waals surface area contributed by atoms with Crippen LogP contribution >= 0.6 is 11.6 Å². The zero-order chi connectivity index (χ0) is 18.0. The monoisotopic (exact) mass is 365 g/mol. The topological polar surface area (TPSA) is 75.4 Å². The first-order valence-corrected chi connectivity index (χ1v) is 8.31. The Morgan fingerprint density at radius 1 is 1.36 bits per heavy atom. The number of hydrogen-bond donors (Lipinski definition) is 1. The Hall–Kier alpha value is -2.41. The van der Waals surface area contributed by atoms with E-state index in [0.29, 0.717) is 31.7 Å². The van der Waals surface area contributed by atoms with Crippen molar-refractivity contribution in [1.82, 2.24) is 15.4 Å². The SMILES string of the molecule is Cc1cc(C(=O)N2CCC(NC(=O)c3c(F)cccc3Cl)CC2)no1.